The van der Waals surface area contributed by atoms with E-state index in [-0.39, 0.29) is 0 Å². The topological polar surface area (TPSA) is 53.6 Å². The van der Waals surface area contributed by atoms with Gasteiger partial charge in [-0.05, 0) is 44.5 Å². The lowest BCUT2D eigenvalue weighted by molar-refractivity contribution is 0.856. The molecule has 0 unspecified atom stereocenters. The second-order valence-electron chi connectivity index (χ2n) is 4.75. The molecular weight excluding hydrogens is 236 g/mol. The second kappa shape index (κ2) is 5.15. The van der Waals surface area contributed by atoms with Crippen LogP contribution in [-0.4, -0.2) is 9.55 Å². The molecule has 98 valence electrons. The number of pyridine rings is 1. The zero-order valence-electron chi connectivity index (χ0n) is 11.8. The molecule has 0 radical (unpaired) electrons. The molecule has 4 heteroatoms. The lowest BCUT2D eigenvalue weighted by Crippen LogP contribution is -2.04. The van der Waals surface area contributed by atoms with Crippen molar-refractivity contribution in [2.24, 2.45) is 7.05 Å². The van der Waals surface area contributed by atoms with Gasteiger partial charge in [0.25, 0.3) is 0 Å². The monoisotopic (exact) mass is 254 g/mol. The third-order valence-corrected chi connectivity index (χ3v) is 3.45. The van der Waals surface area contributed by atoms with E-state index >= 15 is 0 Å². The van der Waals surface area contributed by atoms with Crippen LogP contribution in [0.1, 0.15) is 28.3 Å². The fourth-order valence-corrected chi connectivity index (χ4v) is 2.11. The van der Waals surface area contributed by atoms with E-state index in [0.29, 0.717) is 12.2 Å². The molecule has 0 amide bonds. The summed E-state index contributed by atoms with van der Waals surface area (Å²) in [7, 11) is 1.91. The van der Waals surface area contributed by atoms with Gasteiger partial charge in [-0.15, -0.1) is 0 Å². The van der Waals surface area contributed by atoms with Crippen molar-refractivity contribution in [3.05, 3.63) is 46.5 Å². The molecule has 2 heterocycles. The van der Waals surface area contributed by atoms with Crippen molar-refractivity contribution >= 4 is 5.69 Å². The van der Waals surface area contributed by atoms with Crippen molar-refractivity contribution in [3.8, 4) is 6.07 Å². The number of nitrogens with zero attached hydrogens (tertiary/aromatic N) is 3. The van der Waals surface area contributed by atoms with Crippen LogP contribution in [0.25, 0.3) is 0 Å². The maximum Gasteiger partial charge on any atom is 0.120 e. The summed E-state index contributed by atoms with van der Waals surface area (Å²) < 4.78 is 1.91. The van der Waals surface area contributed by atoms with Crippen molar-refractivity contribution in [1.82, 2.24) is 9.55 Å². The van der Waals surface area contributed by atoms with Gasteiger partial charge in [-0.3, -0.25) is 4.98 Å². The molecule has 0 aromatic carbocycles. The second-order valence-corrected chi connectivity index (χ2v) is 4.75. The molecule has 0 aliphatic heterocycles. The number of rotatable bonds is 3. The highest BCUT2D eigenvalue weighted by atomic mass is 15.0. The van der Waals surface area contributed by atoms with Gasteiger partial charge < -0.3 is 9.88 Å². The van der Waals surface area contributed by atoms with Crippen molar-refractivity contribution in [3.63, 3.8) is 0 Å². The Balaban J connectivity index is 2.17. The minimum absolute atomic E-state index is 0.688. The Morgan fingerprint density at radius 1 is 1.32 bits per heavy atom. The van der Waals surface area contributed by atoms with Crippen molar-refractivity contribution in [2.75, 3.05) is 5.32 Å². The molecule has 0 aliphatic carbocycles. The zero-order valence-corrected chi connectivity index (χ0v) is 11.8. The van der Waals surface area contributed by atoms with Gasteiger partial charge in [0.05, 0.1) is 11.4 Å². The van der Waals surface area contributed by atoms with E-state index < -0.39 is 0 Å². The van der Waals surface area contributed by atoms with E-state index in [9.17, 15) is 0 Å². The van der Waals surface area contributed by atoms with Gasteiger partial charge >= 0.3 is 0 Å². The molecule has 2 aromatic rings. The number of nitriles is 1. The van der Waals surface area contributed by atoms with Gasteiger partial charge in [0.1, 0.15) is 11.8 Å². The molecule has 0 fully saturated rings. The Kier molecular flexibility index (Phi) is 3.57. The number of aryl methyl sites for hydroxylation is 2. The van der Waals surface area contributed by atoms with Crippen LogP contribution in [0.15, 0.2) is 18.2 Å². The van der Waals surface area contributed by atoms with Crippen LogP contribution in [0, 0.1) is 32.1 Å². The van der Waals surface area contributed by atoms with E-state index in [1.807, 2.05) is 50.6 Å². The maximum absolute atomic E-state index is 9.01. The van der Waals surface area contributed by atoms with Crippen LogP contribution in [0.3, 0.4) is 0 Å². The van der Waals surface area contributed by atoms with E-state index in [1.54, 1.807) is 0 Å². The van der Waals surface area contributed by atoms with Crippen molar-refractivity contribution in [2.45, 2.75) is 27.3 Å². The molecule has 0 bridgehead atoms. The highest BCUT2D eigenvalue weighted by Gasteiger charge is 2.08. The number of anilines is 1. The lowest BCUT2D eigenvalue weighted by Gasteiger charge is -2.09. The Bertz CT molecular complexity index is 647. The third-order valence-electron chi connectivity index (χ3n) is 3.45. The Hall–Kier alpha value is -2.28. The average molecular weight is 254 g/mol. The van der Waals surface area contributed by atoms with Crippen LogP contribution in [0.4, 0.5) is 5.69 Å². The van der Waals surface area contributed by atoms with Gasteiger partial charge in [0.2, 0.25) is 0 Å². The number of nitrogens with one attached hydrogen (secondary N) is 1. The van der Waals surface area contributed by atoms with Gasteiger partial charge in [0, 0.05) is 25.0 Å². The van der Waals surface area contributed by atoms with Gasteiger partial charge in [-0.2, -0.15) is 5.26 Å². The summed E-state index contributed by atoms with van der Waals surface area (Å²) in [5, 5.41) is 12.4. The summed E-state index contributed by atoms with van der Waals surface area (Å²) in [5.74, 6) is 0. The molecule has 2 aromatic heterocycles. The van der Waals surface area contributed by atoms with E-state index in [4.69, 9.17) is 5.26 Å². The molecule has 0 saturated heterocycles. The number of hydrogen-bond donors (Lipinski definition) is 1. The van der Waals surface area contributed by atoms with Gasteiger partial charge in [-0.1, -0.05) is 0 Å². The minimum atomic E-state index is 0.688. The normalized spacial score (nSPS) is 10.3. The SMILES string of the molecule is Cc1ccc(NCc2cc(C#N)n(C)c2C)c(C)n1. The molecule has 0 atom stereocenters. The quantitative estimate of drug-likeness (QED) is 0.916. The van der Waals surface area contributed by atoms with Crippen molar-refractivity contribution < 1.29 is 0 Å². The highest BCUT2D eigenvalue weighted by Crippen LogP contribution is 2.17. The maximum atomic E-state index is 9.01. The molecule has 2 rings (SSSR count). The first-order chi connectivity index (χ1) is 9.02. The standard InChI is InChI=1S/C15H18N4/c1-10-5-6-15(11(2)18-10)17-9-13-7-14(8-16)19(4)12(13)3/h5-7,17H,9H2,1-4H3. The summed E-state index contributed by atoms with van der Waals surface area (Å²) in [4.78, 5) is 4.43. The van der Waals surface area contributed by atoms with E-state index in [2.05, 4.69) is 16.4 Å². The Labute approximate surface area is 113 Å². The Morgan fingerprint density at radius 2 is 2.05 bits per heavy atom. The largest absolute Gasteiger partial charge is 0.379 e. The van der Waals surface area contributed by atoms with Crippen molar-refractivity contribution in [1.29, 1.82) is 5.26 Å². The Morgan fingerprint density at radius 3 is 2.63 bits per heavy atom. The minimum Gasteiger partial charge on any atom is -0.379 e. The lowest BCUT2D eigenvalue weighted by atomic mass is 10.2. The molecule has 0 spiro atoms. The summed E-state index contributed by atoms with van der Waals surface area (Å²) >= 11 is 0. The molecule has 4 nitrogen and oxygen atoms in total. The fourth-order valence-electron chi connectivity index (χ4n) is 2.11. The first-order valence-electron chi connectivity index (χ1n) is 6.26. The van der Waals surface area contributed by atoms with Gasteiger partial charge in [-0.25, -0.2) is 0 Å². The van der Waals surface area contributed by atoms with Crippen LogP contribution >= 0.6 is 0 Å². The fraction of sp³-hybridized carbons (Fsp3) is 0.333. The first kappa shape index (κ1) is 13.2. The predicted molar refractivity (Wildman–Crippen MR) is 75.9 cm³/mol. The summed E-state index contributed by atoms with van der Waals surface area (Å²) in [5.41, 5.74) is 5.99. The van der Waals surface area contributed by atoms with Crippen LogP contribution in [-0.2, 0) is 13.6 Å². The van der Waals surface area contributed by atoms with E-state index in [0.717, 1.165) is 28.3 Å². The molecule has 1 N–H and O–H groups in total. The smallest absolute Gasteiger partial charge is 0.120 e. The summed E-state index contributed by atoms with van der Waals surface area (Å²) in [6.07, 6.45) is 0. The number of hydrogen-bond acceptors (Lipinski definition) is 3. The number of aromatic nitrogens is 2. The van der Waals surface area contributed by atoms with Crippen LogP contribution < -0.4 is 5.32 Å². The molecule has 0 aliphatic rings. The summed E-state index contributed by atoms with van der Waals surface area (Å²) in [6, 6.07) is 8.16. The van der Waals surface area contributed by atoms with E-state index in [1.165, 1.54) is 0 Å². The van der Waals surface area contributed by atoms with Gasteiger partial charge in [0.15, 0.2) is 0 Å². The highest BCUT2D eigenvalue weighted by molar-refractivity contribution is 5.49. The molecule has 0 saturated carbocycles. The molecular formula is C15H18N4. The first-order valence-corrected chi connectivity index (χ1v) is 6.26. The molecule has 19 heavy (non-hydrogen) atoms. The van der Waals surface area contributed by atoms with Crippen LogP contribution in [0.5, 0.6) is 0 Å². The third kappa shape index (κ3) is 2.60. The summed E-state index contributed by atoms with van der Waals surface area (Å²) in [6.45, 7) is 6.70. The average Bonchev–Trinajstić information content (AvgIpc) is 2.65. The van der Waals surface area contributed by atoms with Crippen LogP contribution in [0.2, 0.25) is 0 Å². The zero-order chi connectivity index (χ0) is 14.0. The predicted octanol–water partition coefficient (Wildman–Crippen LogP) is 2.83.